The van der Waals surface area contributed by atoms with E-state index in [0.29, 0.717) is 15.8 Å². The van der Waals surface area contributed by atoms with Crippen molar-refractivity contribution in [3.63, 3.8) is 0 Å². The minimum Gasteiger partial charge on any atom is -0.477 e. The van der Waals surface area contributed by atoms with Crippen LogP contribution in [0.2, 0.25) is 0 Å². The molecule has 6 heteroatoms. The van der Waals surface area contributed by atoms with Gasteiger partial charge in [0.25, 0.3) is 0 Å². The Morgan fingerprint density at radius 2 is 1.95 bits per heavy atom. The highest BCUT2D eigenvalue weighted by atomic mass is 79.9. The van der Waals surface area contributed by atoms with Crippen LogP contribution in [0.25, 0.3) is 0 Å². The Balaban J connectivity index is 2.49. The maximum atomic E-state index is 11.3. The summed E-state index contributed by atoms with van der Waals surface area (Å²) in [6, 6.07) is 6.86. The van der Waals surface area contributed by atoms with Crippen molar-refractivity contribution < 1.29 is 14.6 Å². The van der Waals surface area contributed by atoms with E-state index in [4.69, 9.17) is 10.00 Å². The molecule has 1 aromatic carbocycles. The second kappa shape index (κ2) is 5.94. The fourth-order valence-corrected chi connectivity index (χ4v) is 2.27. The molecule has 1 heterocycles. The molecule has 2 rings (SSSR count). The summed E-state index contributed by atoms with van der Waals surface area (Å²) in [6.07, 6.45) is 1.47. The summed E-state index contributed by atoms with van der Waals surface area (Å²) in [4.78, 5) is 15.3. The molecule has 1 aromatic heterocycles. The van der Waals surface area contributed by atoms with Crippen LogP contribution in [0.4, 0.5) is 0 Å². The molecule has 1 N–H and O–H groups in total. The molecule has 2 aromatic rings. The highest BCUT2D eigenvalue weighted by Crippen LogP contribution is 2.31. The van der Waals surface area contributed by atoms with Crippen molar-refractivity contribution in [2.45, 2.75) is 13.8 Å². The van der Waals surface area contributed by atoms with Crippen molar-refractivity contribution in [1.29, 1.82) is 5.26 Å². The zero-order valence-corrected chi connectivity index (χ0v) is 12.9. The van der Waals surface area contributed by atoms with Crippen molar-refractivity contribution in [1.82, 2.24) is 4.98 Å². The normalized spacial score (nSPS) is 10.0. The van der Waals surface area contributed by atoms with Crippen LogP contribution in [0.15, 0.2) is 28.9 Å². The van der Waals surface area contributed by atoms with Gasteiger partial charge in [0, 0.05) is 10.7 Å². The first-order valence-electron chi connectivity index (χ1n) is 6.00. The van der Waals surface area contributed by atoms with E-state index in [1.165, 1.54) is 12.3 Å². The van der Waals surface area contributed by atoms with E-state index < -0.39 is 5.97 Å². The zero-order valence-electron chi connectivity index (χ0n) is 11.3. The highest BCUT2D eigenvalue weighted by molar-refractivity contribution is 9.10. The number of nitrogens with zero attached hydrogens (tertiary/aromatic N) is 2. The van der Waals surface area contributed by atoms with Crippen LogP contribution in [-0.4, -0.2) is 16.1 Å². The molecule has 0 saturated heterocycles. The van der Waals surface area contributed by atoms with E-state index in [-0.39, 0.29) is 11.4 Å². The van der Waals surface area contributed by atoms with Gasteiger partial charge < -0.3 is 9.84 Å². The van der Waals surface area contributed by atoms with Crippen LogP contribution in [0.1, 0.15) is 27.0 Å². The molecular weight excluding hydrogens is 336 g/mol. The van der Waals surface area contributed by atoms with Gasteiger partial charge in [-0.05, 0) is 59.1 Å². The smallest absolute Gasteiger partial charge is 0.341 e. The number of ether oxygens (including phenoxy) is 1. The largest absolute Gasteiger partial charge is 0.477 e. The van der Waals surface area contributed by atoms with Crippen LogP contribution in [-0.2, 0) is 0 Å². The first kappa shape index (κ1) is 15.0. The molecule has 106 valence electrons. The third-order valence-electron chi connectivity index (χ3n) is 2.84. The molecule has 0 fully saturated rings. The van der Waals surface area contributed by atoms with Gasteiger partial charge in [-0.15, -0.1) is 0 Å². The van der Waals surface area contributed by atoms with Gasteiger partial charge in [0.15, 0.2) is 0 Å². The number of halogens is 1. The molecule has 0 unspecified atom stereocenters. The fraction of sp³-hybridized carbons (Fsp3) is 0.133. The average Bonchev–Trinajstić information content (AvgIpc) is 2.43. The minimum atomic E-state index is -1.12. The Hall–Kier alpha value is -2.39. The monoisotopic (exact) mass is 346 g/mol. The number of benzene rings is 1. The lowest BCUT2D eigenvalue weighted by molar-refractivity contribution is 0.0693. The molecular formula is C15H11BrN2O3. The second-order valence-electron chi connectivity index (χ2n) is 4.46. The molecule has 0 saturated carbocycles. The molecule has 5 nitrogen and oxygen atoms in total. The standard InChI is InChI=1S/C15H11BrN2O3/c1-8-3-10(6-17)4-9(2)13(8)21-14-12(15(19)20)5-11(16)7-18-14/h3-5,7H,1-2H3,(H,19,20). The number of aryl methyl sites for hydroxylation is 2. The number of pyridine rings is 1. The quantitative estimate of drug-likeness (QED) is 0.912. The predicted octanol–water partition coefficient (Wildman–Crippen LogP) is 3.82. The molecule has 21 heavy (non-hydrogen) atoms. The summed E-state index contributed by atoms with van der Waals surface area (Å²) in [6.45, 7) is 3.59. The third-order valence-corrected chi connectivity index (χ3v) is 3.27. The first-order valence-corrected chi connectivity index (χ1v) is 6.79. The van der Waals surface area contributed by atoms with Gasteiger partial charge in [-0.2, -0.15) is 5.26 Å². The lowest BCUT2D eigenvalue weighted by atomic mass is 10.1. The average molecular weight is 347 g/mol. The summed E-state index contributed by atoms with van der Waals surface area (Å²) in [7, 11) is 0. The van der Waals surface area contributed by atoms with Crippen molar-refractivity contribution in [3.8, 4) is 17.7 Å². The van der Waals surface area contributed by atoms with E-state index in [2.05, 4.69) is 27.0 Å². The number of rotatable bonds is 3. The van der Waals surface area contributed by atoms with E-state index >= 15 is 0 Å². The third kappa shape index (κ3) is 3.20. The number of hydrogen-bond donors (Lipinski definition) is 1. The van der Waals surface area contributed by atoms with Gasteiger partial charge in [0.2, 0.25) is 5.88 Å². The molecule has 0 radical (unpaired) electrons. The number of carboxylic acid groups (broad SMARTS) is 1. The lowest BCUT2D eigenvalue weighted by Gasteiger charge is -2.13. The summed E-state index contributed by atoms with van der Waals surface area (Å²) in [5.74, 6) is -0.601. The van der Waals surface area contributed by atoms with Gasteiger partial charge in [-0.3, -0.25) is 0 Å². The van der Waals surface area contributed by atoms with Crippen LogP contribution >= 0.6 is 15.9 Å². The van der Waals surface area contributed by atoms with Gasteiger partial charge >= 0.3 is 5.97 Å². The Bertz CT molecular complexity index is 743. The van der Waals surface area contributed by atoms with Crippen LogP contribution < -0.4 is 4.74 Å². The molecule has 0 amide bonds. The summed E-state index contributed by atoms with van der Waals surface area (Å²) in [5, 5.41) is 18.1. The van der Waals surface area contributed by atoms with Crippen LogP contribution in [0, 0.1) is 25.2 Å². The number of hydrogen-bond acceptors (Lipinski definition) is 4. The minimum absolute atomic E-state index is 0.0154. The summed E-state index contributed by atoms with van der Waals surface area (Å²) in [5.41, 5.74) is 1.98. The lowest BCUT2D eigenvalue weighted by Crippen LogP contribution is -2.03. The van der Waals surface area contributed by atoms with Gasteiger partial charge in [0.1, 0.15) is 11.3 Å². The van der Waals surface area contributed by atoms with Crippen molar-refractivity contribution >= 4 is 21.9 Å². The molecule has 0 bridgehead atoms. The Morgan fingerprint density at radius 1 is 1.33 bits per heavy atom. The van der Waals surface area contributed by atoms with Gasteiger partial charge in [-0.1, -0.05) is 0 Å². The summed E-state index contributed by atoms with van der Waals surface area (Å²) >= 11 is 3.18. The first-order chi connectivity index (χ1) is 9.92. The van der Waals surface area contributed by atoms with Gasteiger partial charge in [0.05, 0.1) is 11.6 Å². The Kier molecular flexibility index (Phi) is 4.24. The van der Waals surface area contributed by atoms with Crippen LogP contribution in [0.3, 0.4) is 0 Å². The van der Waals surface area contributed by atoms with E-state index in [1.807, 2.05) is 0 Å². The van der Waals surface area contributed by atoms with Gasteiger partial charge in [-0.25, -0.2) is 9.78 Å². The topological polar surface area (TPSA) is 83.2 Å². The molecule has 0 aliphatic carbocycles. The molecule has 0 spiro atoms. The maximum Gasteiger partial charge on any atom is 0.341 e. The zero-order chi connectivity index (χ0) is 15.6. The highest BCUT2D eigenvalue weighted by Gasteiger charge is 2.16. The van der Waals surface area contributed by atoms with Crippen LogP contribution in [0.5, 0.6) is 11.6 Å². The summed E-state index contributed by atoms with van der Waals surface area (Å²) < 4.78 is 6.22. The molecule has 0 aliphatic heterocycles. The Labute approximate surface area is 129 Å². The maximum absolute atomic E-state index is 11.3. The Morgan fingerprint density at radius 3 is 2.48 bits per heavy atom. The number of aromatic nitrogens is 1. The number of carbonyl (C=O) groups is 1. The molecule has 0 atom stereocenters. The van der Waals surface area contributed by atoms with E-state index in [0.717, 1.165) is 11.1 Å². The van der Waals surface area contributed by atoms with E-state index in [9.17, 15) is 9.90 Å². The van der Waals surface area contributed by atoms with Crippen molar-refractivity contribution in [3.05, 3.63) is 51.1 Å². The number of nitriles is 1. The predicted molar refractivity (Wildman–Crippen MR) is 79.6 cm³/mol. The van der Waals surface area contributed by atoms with Crippen molar-refractivity contribution in [2.75, 3.05) is 0 Å². The fourth-order valence-electron chi connectivity index (χ4n) is 1.93. The second-order valence-corrected chi connectivity index (χ2v) is 5.38. The SMILES string of the molecule is Cc1cc(C#N)cc(C)c1Oc1ncc(Br)cc1C(=O)O. The number of aromatic carboxylic acids is 1. The molecule has 0 aliphatic rings. The number of carboxylic acids is 1. The van der Waals surface area contributed by atoms with Crippen molar-refractivity contribution in [2.24, 2.45) is 0 Å². The van der Waals surface area contributed by atoms with E-state index in [1.54, 1.807) is 26.0 Å².